The van der Waals surface area contributed by atoms with Gasteiger partial charge in [0.05, 0.1) is 69.8 Å². The zero-order valence-corrected chi connectivity index (χ0v) is 33.2. The van der Waals surface area contributed by atoms with Crippen LogP contribution in [-0.2, 0) is 39.0 Å². The number of hydrogen-bond acceptors (Lipinski definition) is 23. The smallest absolute Gasteiger partial charge is 0.266 e. The Balaban J connectivity index is 1.38. The van der Waals surface area contributed by atoms with Gasteiger partial charge in [0.25, 0.3) is 20.2 Å². The number of ether oxygens (including phenoxy) is 1. The highest BCUT2D eigenvalue weighted by atomic mass is 32.2. The monoisotopic (exact) mass is 892 g/mol. The number of aromatic nitrogens is 3. The molecule has 0 spiro atoms. The van der Waals surface area contributed by atoms with Crippen molar-refractivity contribution in [3.63, 3.8) is 0 Å². The van der Waals surface area contributed by atoms with E-state index in [0.29, 0.717) is 38.2 Å². The van der Waals surface area contributed by atoms with Crippen LogP contribution in [0, 0.1) is 0 Å². The van der Waals surface area contributed by atoms with E-state index in [4.69, 9.17) is 15.3 Å². The van der Waals surface area contributed by atoms with Crippen molar-refractivity contribution in [2.75, 3.05) is 40.6 Å². The van der Waals surface area contributed by atoms with Gasteiger partial charge in [0.2, 0.25) is 17.8 Å². The van der Waals surface area contributed by atoms with Crippen molar-refractivity contribution < 1.29 is 59.9 Å². The molecule has 0 fully saturated rings. The Morgan fingerprint density at radius 1 is 0.644 bits per heavy atom. The van der Waals surface area contributed by atoms with E-state index >= 15 is 0 Å². The van der Waals surface area contributed by atoms with E-state index in [0.717, 1.165) is 24.1 Å². The maximum atomic E-state index is 11.4. The topological polar surface area (TPSA) is 320 Å². The average Bonchev–Trinajstić information content (AvgIpc) is 3.20. The van der Waals surface area contributed by atoms with Gasteiger partial charge >= 0.3 is 0 Å². The second kappa shape index (κ2) is 22.1. The summed E-state index contributed by atoms with van der Waals surface area (Å²) < 4.78 is 78.5. The van der Waals surface area contributed by atoms with Gasteiger partial charge in [-0.25, -0.2) is 10.5 Å². The van der Waals surface area contributed by atoms with Crippen LogP contribution in [0.15, 0.2) is 121 Å². The van der Waals surface area contributed by atoms with Gasteiger partial charge in [-0.2, -0.15) is 47.1 Å². The van der Waals surface area contributed by atoms with E-state index in [9.17, 15) is 25.9 Å². The molecule has 7 N–H and O–H groups in total. The molecule has 0 bridgehead atoms. The molecule has 5 rings (SSSR count). The van der Waals surface area contributed by atoms with Crippen molar-refractivity contribution in [3.05, 3.63) is 91.0 Å². The van der Waals surface area contributed by atoms with E-state index in [-0.39, 0.29) is 48.9 Å². The highest BCUT2D eigenvalue weighted by molar-refractivity contribution is 7.94. The summed E-state index contributed by atoms with van der Waals surface area (Å²) in [6.45, 7) is -0.393. The predicted octanol–water partition coefficient (Wildman–Crippen LogP) is 8.00. The van der Waals surface area contributed by atoms with Gasteiger partial charge < -0.3 is 20.7 Å². The Morgan fingerprint density at radius 3 is 2.02 bits per heavy atom. The summed E-state index contributed by atoms with van der Waals surface area (Å²) in [4.78, 5) is 14.1. The zero-order valence-electron chi connectivity index (χ0n) is 29.9. The number of hydrogen-bond donors (Lipinski definition) is 7. The average molecular weight is 893 g/mol. The molecule has 1 aromatic heterocycles. The molecule has 0 saturated heterocycles. The van der Waals surface area contributed by atoms with Crippen molar-refractivity contribution in [2.24, 2.45) is 20.5 Å². The summed E-state index contributed by atoms with van der Waals surface area (Å²) in [5.41, 5.74) is 2.45. The molecule has 23 nitrogen and oxygen atoms in total. The number of azo groups is 2. The lowest BCUT2D eigenvalue weighted by Gasteiger charge is -2.15. The minimum atomic E-state index is -4.32. The lowest BCUT2D eigenvalue weighted by Crippen LogP contribution is -2.17. The third-order valence-corrected chi connectivity index (χ3v) is 9.72. The molecule has 59 heavy (non-hydrogen) atoms. The van der Waals surface area contributed by atoms with Gasteiger partial charge in [0, 0.05) is 23.2 Å². The number of benzene rings is 4. The summed E-state index contributed by atoms with van der Waals surface area (Å²) in [6.07, 6.45) is -0.0582. The first kappa shape index (κ1) is 44.7. The molecule has 27 heteroatoms. The molecule has 1 heterocycles. The Bertz CT molecular complexity index is 2450. The molecule has 4 aromatic carbocycles. The number of nitrogens with zero attached hydrogens (tertiary/aromatic N) is 7. The first-order chi connectivity index (χ1) is 28.4. The normalized spacial score (nSPS) is 11.9. The van der Waals surface area contributed by atoms with Crippen LogP contribution in [0.4, 0.5) is 52.0 Å². The fraction of sp³-hybridized carbons (Fsp3) is 0.156. The molecular formula is C32H32N10O13S4. The van der Waals surface area contributed by atoms with Crippen molar-refractivity contribution in [1.82, 2.24) is 15.0 Å². The molecular weight excluding hydrogens is 861 g/mol. The second-order valence-electron chi connectivity index (χ2n) is 11.3. The van der Waals surface area contributed by atoms with Gasteiger partial charge in [-0.1, -0.05) is 28.3 Å². The molecule has 0 amide bonds. The summed E-state index contributed by atoms with van der Waals surface area (Å²) in [6, 6.07) is 24.8. The van der Waals surface area contributed by atoms with Crippen LogP contribution in [0.1, 0.15) is 6.42 Å². The minimum Gasteiger partial charge on any atom is -0.491 e. The van der Waals surface area contributed by atoms with Gasteiger partial charge in [0.15, 0.2) is 0 Å². The van der Waals surface area contributed by atoms with E-state index in [1.165, 1.54) is 6.07 Å². The molecule has 0 radical (unpaired) electrons. The Morgan fingerprint density at radius 2 is 1.29 bits per heavy atom. The third-order valence-electron chi connectivity index (χ3n) is 6.97. The molecule has 312 valence electrons. The maximum Gasteiger partial charge on any atom is 0.266 e. The molecule has 0 saturated carbocycles. The third kappa shape index (κ3) is 16.0. The van der Waals surface area contributed by atoms with Gasteiger partial charge in [-0.05, 0) is 73.2 Å². The SMILES string of the molecule is O=S(=O)(O)CCCOc1cc(N=Nc2cccc(SOOO)c2)ccc1Nc1nc(NCCS(=O)(=O)O)nc(Nc2ccc(N=Nc3ccccc3SOOO)cc2)n1. The van der Waals surface area contributed by atoms with Crippen LogP contribution in [0.5, 0.6) is 5.75 Å². The fourth-order valence-corrected chi connectivity index (χ4v) is 6.17. The lowest BCUT2D eigenvalue weighted by atomic mass is 10.2. The highest BCUT2D eigenvalue weighted by Gasteiger charge is 2.14. The van der Waals surface area contributed by atoms with Crippen molar-refractivity contribution in [1.29, 1.82) is 0 Å². The molecule has 5 aromatic rings. The molecule has 0 atom stereocenters. The predicted molar refractivity (Wildman–Crippen MR) is 213 cm³/mol. The largest absolute Gasteiger partial charge is 0.491 e. The van der Waals surface area contributed by atoms with Crippen molar-refractivity contribution in [2.45, 2.75) is 16.2 Å². The Labute approximate surface area is 343 Å². The van der Waals surface area contributed by atoms with Gasteiger partial charge in [0.1, 0.15) is 11.4 Å². The summed E-state index contributed by atoms with van der Waals surface area (Å²) in [5, 5.41) is 49.8. The van der Waals surface area contributed by atoms with Crippen LogP contribution in [0.25, 0.3) is 0 Å². The van der Waals surface area contributed by atoms with Crippen molar-refractivity contribution in [3.8, 4) is 5.75 Å². The summed E-state index contributed by atoms with van der Waals surface area (Å²) in [7, 11) is -8.57. The van der Waals surface area contributed by atoms with Crippen LogP contribution in [0.2, 0.25) is 0 Å². The zero-order chi connectivity index (χ0) is 42.1. The minimum absolute atomic E-state index is 0.000622. The highest BCUT2D eigenvalue weighted by Crippen LogP contribution is 2.34. The van der Waals surface area contributed by atoms with E-state index in [1.807, 2.05) is 0 Å². The standard InChI is InChI=1S/C32H32N10O13S4/c43-52-54-56-25-6-3-5-23(19-25)40-41-24-13-14-26(28(20-24)51-16-4-17-58(45,46)47)35-32-37-30(33-15-18-59(48,49)50)36-31(38-32)34-21-9-11-22(12-10-21)39-42-27-7-1-2-8-29(27)57-55-53-44/h1-3,5-14,19-20,43-44H,4,15-18H2,(H,45,46,47)(H,48,49,50)(H3,33,34,35,36,37,38). The first-order valence-electron chi connectivity index (χ1n) is 16.5. The van der Waals surface area contributed by atoms with Crippen LogP contribution >= 0.6 is 24.1 Å². The second-order valence-corrected chi connectivity index (χ2v) is 16.0. The van der Waals surface area contributed by atoms with Crippen LogP contribution in [0.3, 0.4) is 0 Å². The number of anilines is 5. The fourth-order valence-electron chi connectivity index (χ4n) is 4.48. The summed E-state index contributed by atoms with van der Waals surface area (Å²) >= 11 is 1.48. The van der Waals surface area contributed by atoms with Crippen molar-refractivity contribution >= 4 is 96.3 Å². The first-order valence-corrected chi connectivity index (χ1v) is 21.2. The molecule has 0 aliphatic heterocycles. The Hall–Kier alpha value is -5.43. The van der Waals surface area contributed by atoms with Crippen LogP contribution < -0.4 is 20.7 Å². The quantitative estimate of drug-likeness (QED) is 0.00815. The lowest BCUT2D eigenvalue weighted by molar-refractivity contribution is -0.432. The van der Waals surface area contributed by atoms with E-state index in [1.54, 1.807) is 84.9 Å². The Kier molecular flexibility index (Phi) is 16.7. The molecule has 0 unspecified atom stereocenters. The number of nitrogens with one attached hydrogen (secondary N) is 3. The van der Waals surface area contributed by atoms with Gasteiger partial charge in [-0.15, -0.1) is 13.8 Å². The van der Waals surface area contributed by atoms with E-state index in [2.05, 4.69) is 70.1 Å². The molecule has 0 aliphatic carbocycles. The maximum absolute atomic E-state index is 11.4. The van der Waals surface area contributed by atoms with E-state index < -0.39 is 31.7 Å². The van der Waals surface area contributed by atoms with Crippen LogP contribution in [-0.4, -0.2) is 76.1 Å². The van der Waals surface area contributed by atoms with Gasteiger partial charge in [-0.3, -0.25) is 9.11 Å². The number of rotatable bonds is 23. The molecule has 0 aliphatic rings. The summed E-state index contributed by atoms with van der Waals surface area (Å²) in [5.74, 6) is -1.18.